The monoisotopic (exact) mass is 683 g/mol. The summed E-state index contributed by atoms with van der Waals surface area (Å²) in [7, 11) is -4.05. The lowest BCUT2D eigenvalue weighted by Crippen LogP contribution is -2.31. The zero-order chi connectivity index (χ0) is 30.1. The van der Waals surface area contributed by atoms with Gasteiger partial charge in [0.05, 0.1) is 49.7 Å². The van der Waals surface area contributed by atoms with Gasteiger partial charge in [0.2, 0.25) is 9.84 Å². The van der Waals surface area contributed by atoms with E-state index in [0.717, 1.165) is 23.7 Å². The minimum atomic E-state index is -4.05. The van der Waals surface area contributed by atoms with Gasteiger partial charge in [-0.25, -0.2) is 27.6 Å². The SMILES string of the molecule is CSc1sc(/N=C/NC(=O)OC(C)(C)C)cc1S(=O)(=O)c1cc(Br)c2ncn(Cc3ccc([N+](=O)[O-])cc3F)c2c1. The first-order valence-electron chi connectivity index (χ1n) is 11.7. The molecular formula is C25H23BrFN5O6S3. The van der Waals surface area contributed by atoms with Gasteiger partial charge in [0.1, 0.15) is 21.9 Å². The predicted octanol–water partition coefficient (Wildman–Crippen LogP) is 6.70. The van der Waals surface area contributed by atoms with Gasteiger partial charge >= 0.3 is 6.09 Å². The number of rotatable bonds is 8. The largest absolute Gasteiger partial charge is 0.444 e. The van der Waals surface area contributed by atoms with E-state index in [4.69, 9.17) is 4.74 Å². The molecule has 2 heterocycles. The van der Waals surface area contributed by atoms with Crippen molar-refractivity contribution in [1.82, 2.24) is 14.9 Å². The molecule has 4 aromatic rings. The normalized spacial score (nSPS) is 12.2. The van der Waals surface area contributed by atoms with Crippen LogP contribution in [0.25, 0.3) is 11.0 Å². The third kappa shape index (κ3) is 6.94. The molecule has 0 unspecified atom stereocenters. The first-order valence-corrected chi connectivity index (χ1v) is 16.0. The molecule has 0 fully saturated rings. The molecule has 4 rings (SSSR count). The Hall–Kier alpha value is -3.34. The van der Waals surface area contributed by atoms with Gasteiger partial charge in [-0.15, -0.1) is 23.1 Å². The molecule has 11 nitrogen and oxygen atoms in total. The first-order chi connectivity index (χ1) is 19.2. The number of thioether (sulfide) groups is 1. The summed E-state index contributed by atoms with van der Waals surface area (Å²) in [5.41, 5.74) is -0.0158. The molecule has 0 saturated carbocycles. The number of non-ortho nitro benzene ring substituents is 1. The van der Waals surface area contributed by atoms with Crippen LogP contribution in [0.3, 0.4) is 0 Å². The molecule has 216 valence electrons. The molecule has 0 saturated heterocycles. The minimum absolute atomic E-state index is 0.0293. The number of hydrogen-bond acceptors (Lipinski definition) is 10. The van der Waals surface area contributed by atoms with Gasteiger partial charge in [0.25, 0.3) is 5.69 Å². The summed E-state index contributed by atoms with van der Waals surface area (Å²) in [6.07, 6.45) is 3.62. The summed E-state index contributed by atoms with van der Waals surface area (Å²) in [6, 6.07) is 7.65. The summed E-state index contributed by atoms with van der Waals surface area (Å²) in [6.45, 7) is 5.14. The molecule has 0 aliphatic carbocycles. The summed E-state index contributed by atoms with van der Waals surface area (Å²) in [4.78, 5) is 30.6. The standard InChI is InChI=1S/C25H23BrFN5O6S3/c1-25(2,3)38-24(33)29-12-28-21-10-20(23(39-4)40-21)41(36,37)16-8-17(26)22-19(9-16)31(13-30-22)11-14-5-6-15(32(34)35)7-18(14)27/h5-10,12-13H,11H2,1-4H3,(H,28,29,33). The number of nitrogens with one attached hydrogen (secondary N) is 1. The van der Waals surface area contributed by atoms with E-state index >= 15 is 0 Å². The molecule has 0 bridgehead atoms. The minimum Gasteiger partial charge on any atom is -0.444 e. The van der Waals surface area contributed by atoms with Crippen molar-refractivity contribution >= 4 is 83.0 Å². The van der Waals surface area contributed by atoms with Crippen molar-refractivity contribution in [3.63, 3.8) is 0 Å². The van der Waals surface area contributed by atoms with Gasteiger partial charge in [-0.3, -0.25) is 15.4 Å². The van der Waals surface area contributed by atoms with Crippen LogP contribution in [0.15, 0.2) is 66.2 Å². The Labute approximate surface area is 251 Å². The average Bonchev–Trinajstić information content (AvgIpc) is 3.49. The smallest absolute Gasteiger partial charge is 0.412 e. The van der Waals surface area contributed by atoms with Crippen molar-refractivity contribution in [2.24, 2.45) is 4.99 Å². The predicted molar refractivity (Wildman–Crippen MR) is 159 cm³/mol. The van der Waals surface area contributed by atoms with Crippen molar-refractivity contribution < 1.29 is 27.3 Å². The van der Waals surface area contributed by atoms with Crippen LogP contribution in [-0.2, 0) is 21.1 Å². The van der Waals surface area contributed by atoms with E-state index in [0.29, 0.717) is 24.7 Å². The molecule has 2 aromatic carbocycles. The van der Waals surface area contributed by atoms with Gasteiger partial charge in [-0.1, -0.05) is 0 Å². The highest BCUT2D eigenvalue weighted by Gasteiger charge is 2.26. The number of amides is 1. The molecule has 1 N–H and O–H groups in total. The van der Waals surface area contributed by atoms with Crippen molar-refractivity contribution in [3.05, 3.63) is 68.7 Å². The molecule has 0 aliphatic rings. The molecule has 16 heteroatoms. The number of ether oxygens (including phenoxy) is 1. The second kappa shape index (κ2) is 11.9. The number of thiophene rings is 1. The zero-order valence-corrected chi connectivity index (χ0v) is 26.1. The van der Waals surface area contributed by atoms with Gasteiger partial charge < -0.3 is 9.30 Å². The van der Waals surface area contributed by atoms with Crippen molar-refractivity contribution in [1.29, 1.82) is 0 Å². The van der Waals surface area contributed by atoms with Gasteiger partial charge in [-0.05, 0) is 67.2 Å². The molecule has 0 atom stereocenters. The number of nitrogens with zero attached hydrogens (tertiary/aromatic N) is 4. The van der Waals surface area contributed by atoms with E-state index in [2.05, 4.69) is 31.2 Å². The van der Waals surface area contributed by atoms with E-state index in [1.54, 1.807) is 31.6 Å². The molecule has 41 heavy (non-hydrogen) atoms. The topological polar surface area (TPSA) is 146 Å². The van der Waals surface area contributed by atoms with Crippen LogP contribution < -0.4 is 5.32 Å². The molecule has 2 aromatic heterocycles. The van der Waals surface area contributed by atoms with E-state index in [1.165, 1.54) is 48.4 Å². The fourth-order valence-electron chi connectivity index (χ4n) is 3.66. The fraction of sp³-hybridized carbons (Fsp3) is 0.240. The second-order valence-electron chi connectivity index (χ2n) is 9.53. The number of halogens is 2. The molecule has 0 spiro atoms. The van der Waals surface area contributed by atoms with Crippen molar-refractivity contribution in [3.8, 4) is 0 Å². The average molecular weight is 685 g/mol. The number of hydrogen-bond donors (Lipinski definition) is 1. The van der Waals surface area contributed by atoms with Crippen LogP contribution in [0, 0.1) is 15.9 Å². The maximum Gasteiger partial charge on any atom is 0.412 e. The van der Waals surface area contributed by atoms with Gasteiger partial charge in [0.15, 0.2) is 0 Å². The van der Waals surface area contributed by atoms with Gasteiger partial charge in [0, 0.05) is 16.1 Å². The Morgan fingerprint density at radius 2 is 2.05 bits per heavy atom. The maximum atomic E-state index is 14.6. The number of sulfone groups is 1. The number of aromatic nitrogens is 2. The van der Waals surface area contributed by atoms with Crippen molar-refractivity contribution in [2.75, 3.05) is 6.26 Å². The second-order valence-corrected chi connectivity index (χ2v) is 14.4. The van der Waals surface area contributed by atoms with Crippen LogP contribution in [0.1, 0.15) is 26.3 Å². The Balaban J connectivity index is 1.66. The number of carbonyl (C=O) groups excluding carboxylic acids is 1. The van der Waals surface area contributed by atoms with Crippen LogP contribution in [-0.4, -0.2) is 47.2 Å². The number of fused-ring (bicyclic) bond motifs is 1. The van der Waals surface area contributed by atoms with E-state index in [-0.39, 0.29) is 27.6 Å². The number of alkyl carbamates (subject to hydrolysis) is 1. The van der Waals surface area contributed by atoms with Crippen LogP contribution in [0.5, 0.6) is 0 Å². The third-order valence-electron chi connectivity index (χ3n) is 5.45. The highest BCUT2D eigenvalue weighted by atomic mass is 79.9. The number of carbonyl (C=O) groups is 1. The Kier molecular flexibility index (Phi) is 8.87. The molecule has 0 radical (unpaired) electrons. The van der Waals surface area contributed by atoms with E-state index < -0.39 is 32.3 Å². The highest BCUT2D eigenvalue weighted by molar-refractivity contribution is 9.10. The Morgan fingerprint density at radius 3 is 2.68 bits per heavy atom. The highest BCUT2D eigenvalue weighted by Crippen LogP contribution is 2.41. The quantitative estimate of drug-likeness (QED) is 0.0710. The van der Waals surface area contributed by atoms with Crippen LogP contribution in [0.2, 0.25) is 0 Å². The van der Waals surface area contributed by atoms with Crippen LogP contribution in [0.4, 0.5) is 19.9 Å². The molecule has 0 aliphatic heterocycles. The fourth-order valence-corrected chi connectivity index (χ4v) is 8.23. The third-order valence-corrected chi connectivity index (χ3v) is 10.3. The number of aliphatic imine (C=N–C) groups is 1. The summed E-state index contributed by atoms with van der Waals surface area (Å²) < 4.78 is 49.8. The maximum absolute atomic E-state index is 14.6. The van der Waals surface area contributed by atoms with E-state index in [9.17, 15) is 27.7 Å². The number of nitro benzene ring substituents is 1. The number of imidazole rings is 1. The number of nitro groups is 1. The lowest BCUT2D eigenvalue weighted by molar-refractivity contribution is -0.385. The summed E-state index contributed by atoms with van der Waals surface area (Å²) >= 11 is 5.77. The van der Waals surface area contributed by atoms with E-state index in [1.807, 2.05) is 0 Å². The number of benzene rings is 2. The van der Waals surface area contributed by atoms with Gasteiger partial charge in [-0.2, -0.15) is 0 Å². The summed E-state index contributed by atoms with van der Waals surface area (Å²) in [5, 5.41) is 13.7. The first kappa shape index (κ1) is 30.6. The molecule has 1 amide bonds. The lowest BCUT2D eigenvalue weighted by Gasteiger charge is -2.18. The van der Waals surface area contributed by atoms with Crippen molar-refractivity contribution in [2.45, 2.75) is 46.9 Å². The Bertz CT molecular complexity index is 1800. The summed E-state index contributed by atoms with van der Waals surface area (Å²) in [5.74, 6) is -0.763. The zero-order valence-electron chi connectivity index (χ0n) is 22.0. The lowest BCUT2D eigenvalue weighted by atomic mass is 10.2. The van der Waals surface area contributed by atoms with Crippen LogP contribution >= 0.6 is 39.0 Å². The molecular weight excluding hydrogens is 661 g/mol. The Morgan fingerprint density at radius 1 is 1.32 bits per heavy atom.